The van der Waals surface area contributed by atoms with Gasteiger partial charge in [0.1, 0.15) is 11.2 Å². The van der Waals surface area contributed by atoms with Crippen LogP contribution in [0.25, 0.3) is 66.4 Å². The lowest BCUT2D eigenvalue weighted by Crippen LogP contribution is -2.16. The Morgan fingerprint density at radius 1 is 0.339 bits per heavy atom. The van der Waals surface area contributed by atoms with Gasteiger partial charge in [-0.05, 0) is 127 Å². The minimum Gasteiger partial charge on any atom is -0.456 e. The van der Waals surface area contributed by atoms with Gasteiger partial charge >= 0.3 is 0 Å². The van der Waals surface area contributed by atoms with Gasteiger partial charge in [0.25, 0.3) is 0 Å². The van der Waals surface area contributed by atoms with E-state index in [1.165, 1.54) is 55.6 Å². The van der Waals surface area contributed by atoms with Gasteiger partial charge in [0.15, 0.2) is 0 Å². The third-order valence-corrected chi connectivity index (χ3v) is 12.7. The van der Waals surface area contributed by atoms with Gasteiger partial charge in [-0.1, -0.05) is 143 Å². The van der Waals surface area contributed by atoms with Crippen molar-refractivity contribution >= 4 is 39.0 Å². The molecule has 0 N–H and O–H groups in total. The second-order valence-electron chi connectivity index (χ2n) is 16.6. The first-order chi connectivity index (χ1) is 27.3. The molecule has 0 saturated carbocycles. The lowest BCUT2D eigenvalue weighted by atomic mass is 9.82. The zero-order chi connectivity index (χ0) is 37.8. The van der Waals surface area contributed by atoms with Crippen LogP contribution in [-0.2, 0) is 10.8 Å². The van der Waals surface area contributed by atoms with Crippen LogP contribution >= 0.6 is 0 Å². The number of nitrogens with zero attached hydrogens (tertiary/aromatic N) is 1. The molecule has 1 heterocycles. The highest BCUT2D eigenvalue weighted by Crippen LogP contribution is 2.52. The zero-order valence-electron chi connectivity index (χ0n) is 32.1. The van der Waals surface area contributed by atoms with Crippen LogP contribution in [0.4, 0.5) is 17.1 Å². The first-order valence-electron chi connectivity index (χ1n) is 19.7. The molecule has 2 nitrogen and oxygen atoms in total. The molecule has 2 heteroatoms. The Labute approximate surface area is 328 Å². The van der Waals surface area contributed by atoms with Gasteiger partial charge in [0.05, 0.1) is 0 Å². The highest BCUT2D eigenvalue weighted by Gasteiger charge is 2.37. The molecule has 56 heavy (non-hydrogen) atoms. The minimum atomic E-state index is -0.108. The van der Waals surface area contributed by atoms with E-state index in [4.69, 9.17) is 4.42 Å². The summed E-state index contributed by atoms with van der Waals surface area (Å²) in [6.45, 7) is 9.39. The van der Waals surface area contributed by atoms with Gasteiger partial charge in [-0.2, -0.15) is 0 Å². The third kappa shape index (κ3) is 4.82. The van der Waals surface area contributed by atoms with Crippen molar-refractivity contribution in [2.24, 2.45) is 0 Å². The predicted molar refractivity (Wildman–Crippen MR) is 234 cm³/mol. The van der Waals surface area contributed by atoms with E-state index >= 15 is 0 Å². The molecule has 8 aromatic carbocycles. The number of hydrogen-bond donors (Lipinski definition) is 0. The van der Waals surface area contributed by atoms with Gasteiger partial charge in [-0.15, -0.1) is 0 Å². The molecule has 0 bridgehead atoms. The van der Waals surface area contributed by atoms with Gasteiger partial charge in [0.2, 0.25) is 0 Å². The van der Waals surface area contributed by atoms with E-state index in [1.807, 2.05) is 12.1 Å². The summed E-state index contributed by atoms with van der Waals surface area (Å²) in [5.41, 5.74) is 20.6. The van der Waals surface area contributed by atoms with Crippen LogP contribution in [0.2, 0.25) is 0 Å². The number of para-hydroxylation sites is 1. The summed E-state index contributed by atoms with van der Waals surface area (Å²) in [6.07, 6.45) is 0. The normalized spacial score (nSPS) is 14.4. The fraction of sp³-hybridized carbons (Fsp3) is 0.111. The van der Waals surface area contributed by atoms with E-state index < -0.39 is 0 Å². The summed E-state index contributed by atoms with van der Waals surface area (Å²) >= 11 is 0. The lowest BCUT2D eigenvalue weighted by molar-refractivity contribution is 0.660. The van der Waals surface area contributed by atoms with Crippen LogP contribution in [0.1, 0.15) is 49.9 Å². The molecule has 0 radical (unpaired) electrons. The molecule has 0 aliphatic heterocycles. The summed E-state index contributed by atoms with van der Waals surface area (Å²) in [5.74, 6) is 0. The Bertz CT molecular complexity index is 3030. The molecule has 268 valence electrons. The van der Waals surface area contributed by atoms with E-state index in [1.54, 1.807) is 0 Å². The average Bonchev–Trinajstić information content (AvgIpc) is 3.80. The monoisotopic (exact) mass is 719 g/mol. The fourth-order valence-electron chi connectivity index (χ4n) is 9.71. The number of anilines is 3. The quantitative estimate of drug-likeness (QED) is 0.176. The third-order valence-electron chi connectivity index (χ3n) is 12.7. The standard InChI is InChI=1S/C54H41NO/c1-53(2)48-18-9-6-15-42(48)46-31-36(23-29-49(46)53)35-12-11-13-39(30-35)55(40-26-28-43-41-14-5-8-17-47(41)54(3,4)50(43)33-40)38-24-20-34(21-25-38)37-22-27-45-44-16-7-10-19-51(44)56-52(45)32-37/h5-33H,1-4H3. The van der Waals surface area contributed by atoms with Gasteiger partial charge in [-0.25, -0.2) is 0 Å². The van der Waals surface area contributed by atoms with Crippen molar-refractivity contribution in [3.8, 4) is 44.5 Å². The molecule has 0 fully saturated rings. The van der Waals surface area contributed by atoms with Crippen molar-refractivity contribution in [1.29, 1.82) is 0 Å². The molecule has 1 aromatic heterocycles. The first kappa shape index (κ1) is 32.8. The summed E-state index contributed by atoms with van der Waals surface area (Å²) in [4.78, 5) is 2.42. The second-order valence-corrected chi connectivity index (χ2v) is 16.6. The maximum atomic E-state index is 6.26. The number of rotatable bonds is 5. The Morgan fingerprint density at radius 3 is 1.70 bits per heavy atom. The number of fused-ring (bicyclic) bond motifs is 9. The minimum absolute atomic E-state index is 0.0198. The van der Waals surface area contributed by atoms with Crippen LogP contribution in [0.5, 0.6) is 0 Å². The highest BCUT2D eigenvalue weighted by atomic mass is 16.3. The second kappa shape index (κ2) is 11.9. The SMILES string of the molecule is CC1(C)c2ccccc2-c2cc(-c3cccc(N(c4ccc(-c5ccc6c(c5)oc5ccccc56)cc4)c4ccc5c(c4)C(C)(C)c4ccccc4-5)c3)ccc21. The van der Waals surface area contributed by atoms with Crippen LogP contribution in [0, 0.1) is 0 Å². The molecular weight excluding hydrogens is 679 g/mol. The summed E-state index contributed by atoms with van der Waals surface area (Å²) in [7, 11) is 0. The summed E-state index contributed by atoms with van der Waals surface area (Å²) in [6, 6.07) is 64.7. The molecule has 2 aliphatic rings. The molecular formula is C54H41NO. The van der Waals surface area contributed by atoms with E-state index in [-0.39, 0.29) is 10.8 Å². The topological polar surface area (TPSA) is 16.4 Å². The average molecular weight is 720 g/mol. The Balaban J connectivity index is 1.03. The Morgan fingerprint density at radius 2 is 0.893 bits per heavy atom. The van der Waals surface area contributed by atoms with Crippen LogP contribution < -0.4 is 4.90 Å². The lowest BCUT2D eigenvalue weighted by Gasteiger charge is -2.28. The van der Waals surface area contributed by atoms with Crippen molar-refractivity contribution in [3.63, 3.8) is 0 Å². The smallest absolute Gasteiger partial charge is 0.136 e. The van der Waals surface area contributed by atoms with Gasteiger partial charge < -0.3 is 9.32 Å². The van der Waals surface area contributed by atoms with Crippen LogP contribution in [0.15, 0.2) is 180 Å². The maximum absolute atomic E-state index is 6.26. The van der Waals surface area contributed by atoms with Crippen molar-refractivity contribution in [3.05, 3.63) is 198 Å². The van der Waals surface area contributed by atoms with Crippen molar-refractivity contribution in [1.82, 2.24) is 0 Å². The van der Waals surface area contributed by atoms with Crippen molar-refractivity contribution in [2.45, 2.75) is 38.5 Å². The van der Waals surface area contributed by atoms with Crippen molar-refractivity contribution in [2.75, 3.05) is 4.90 Å². The van der Waals surface area contributed by atoms with Gasteiger partial charge in [0, 0.05) is 38.7 Å². The fourth-order valence-corrected chi connectivity index (χ4v) is 9.71. The number of benzene rings is 8. The number of furan rings is 1. The van der Waals surface area contributed by atoms with E-state index in [2.05, 4.69) is 196 Å². The molecule has 9 aromatic rings. The van der Waals surface area contributed by atoms with Gasteiger partial charge in [-0.3, -0.25) is 0 Å². The highest BCUT2D eigenvalue weighted by molar-refractivity contribution is 6.06. The largest absolute Gasteiger partial charge is 0.456 e. The molecule has 2 aliphatic carbocycles. The summed E-state index contributed by atoms with van der Waals surface area (Å²) < 4.78 is 6.26. The molecule has 0 atom stereocenters. The Hall–Kier alpha value is -6.64. The van der Waals surface area contributed by atoms with E-state index in [0.29, 0.717) is 0 Å². The molecule has 0 amide bonds. The first-order valence-corrected chi connectivity index (χ1v) is 19.7. The maximum Gasteiger partial charge on any atom is 0.136 e. The number of hydrogen-bond acceptors (Lipinski definition) is 2. The Kier molecular flexibility index (Phi) is 6.98. The molecule has 0 spiro atoms. The zero-order valence-corrected chi connectivity index (χ0v) is 32.1. The van der Waals surface area contributed by atoms with E-state index in [0.717, 1.165) is 50.1 Å². The molecule has 0 saturated heterocycles. The van der Waals surface area contributed by atoms with E-state index in [9.17, 15) is 0 Å². The van der Waals surface area contributed by atoms with Crippen LogP contribution in [0.3, 0.4) is 0 Å². The molecule has 11 rings (SSSR count). The summed E-state index contributed by atoms with van der Waals surface area (Å²) in [5, 5.41) is 2.29. The predicted octanol–water partition coefficient (Wildman–Crippen LogP) is 15.0. The molecule has 0 unspecified atom stereocenters. The van der Waals surface area contributed by atoms with Crippen molar-refractivity contribution < 1.29 is 4.42 Å². The van der Waals surface area contributed by atoms with Crippen LogP contribution in [-0.4, -0.2) is 0 Å².